The van der Waals surface area contributed by atoms with E-state index in [2.05, 4.69) is 91.5 Å². The first kappa shape index (κ1) is 25.4. The summed E-state index contributed by atoms with van der Waals surface area (Å²) in [4.78, 5) is 5.11. The average molecular weight is 497 g/mol. The highest BCUT2D eigenvalue weighted by Gasteiger charge is 2.46. The predicted molar refractivity (Wildman–Crippen MR) is 155 cm³/mol. The van der Waals surface area contributed by atoms with Gasteiger partial charge >= 0.3 is 0 Å². The topological polar surface area (TPSA) is 18.7 Å². The first-order valence-corrected chi connectivity index (χ1v) is 14.0. The van der Waals surface area contributed by atoms with Crippen molar-refractivity contribution < 1.29 is 9.31 Å². The number of rotatable bonds is 9. The Labute approximate surface area is 222 Å². The fourth-order valence-corrected chi connectivity index (χ4v) is 6.08. The van der Waals surface area contributed by atoms with Crippen LogP contribution in [0.4, 0.5) is 5.69 Å². The summed E-state index contributed by atoms with van der Waals surface area (Å²) in [5, 5.41) is 2.69. The predicted octanol–water partition coefficient (Wildman–Crippen LogP) is 6.82. The number of para-hydroxylation sites is 1. The van der Waals surface area contributed by atoms with Gasteiger partial charge in [-0.15, -0.1) is 0 Å². The lowest BCUT2D eigenvalue weighted by molar-refractivity contribution is -0.437. The number of allylic oxidation sites excluding steroid dienone is 1. The first-order valence-electron chi connectivity index (χ1n) is 14.0. The smallest absolute Gasteiger partial charge is 0.210 e. The van der Waals surface area contributed by atoms with Crippen molar-refractivity contribution in [3.05, 3.63) is 84.2 Å². The van der Waals surface area contributed by atoms with Gasteiger partial charge in [-0.2, -0.15) is 4.58 Å². The van der Waals surface area contributed by atoms with Crippen molar-refractivity contribution >= 4 is 22.2 Å². The SMILES string of the molecule is CCC[N+]1=C(/C=C2/N(CCOc3ccccc3)CCN2CC(C)C)C(C)(C)c2c1ccc1ccccc21. The normalized spacial score (nSPS) is 17.9. The molecule has 0 spiro atoms. The molecular formula is C33H42N3O+. The molecule has 1 fully saturated rings. The van der Waals surface area contributed by atoms with Crippen molar-refractivity contribution in [2.24, 2.45) is 5.92 Å². The van der Waals surface area contributed by atoms with E-state index in [4.69, 9.17) is 4.74 Å². The standard InChI is InChI=1S/C33H42N3O/c1-6-18-36-29-17-16-26-12-10-11-15-28(26)32(29)33(4,5)30(36)23-31-34(19-20-35(31)24-25(2)3)21-22-37-27-13-8-7-9-14-27/h7-17,23,25H,6,18-22,24H2,1-5H3/q+1. The highest BCUT2D eigenvalue weighted by atomic mass is 16.5. The molecule has 2 aliphatic rings. The summed E-state index contributed by atoms with van der Waals surface area (Å²) in [5.74, 6) is 2.89. The van der Waals surface area contributed by atoms with Crippen LogP contribution in [0, 0.1) is 5.92 Å². The third kappa shape index (κ3) is 4.99. The van der Waals surface area contributed by atoms with Gasteiger partial charge in [0.15, 0.2) is 5.71 Å². The van der Waals surface area contributed by atoms with E-state index >= 15 is 0 Å². The van der Waals surface area contributed by atoms with Crippen LogP contribution in [0.5, 0.6) is 5.75 Å². The molecule has 0 unspecified atom stereocenters. The van der Waals surface area contributed by atoms with Gasteiger partial charge in [0.1, 0.15) is 24.7 Å². The molecule has 0 saturated carbocycles. The van der Waals surface area contributed by atoms with Crippen molar-refractivity contribution in [1.82, 2.24) is 9.80 Å². The fraction of sp³-hybridized carbons (Fsp3) is 0.424. The van der Waals surface area contributed by atoms with Crippen molar-refractivity contribution in [1.29, 1.82) is 0 Å². The van der Waals surface area contributed by atoms with Gasteiger partial charge in [0.25, 0.3) is 0 Å². The second kappa shape index (κ2) is 10.6. The van der Waals surface area contributed by atoms with Gasteiger partial charge in [-0.3, -0.25) is 0 Å². The lowest BCUT2D eigenvalue weighted by Crippen LogP contribution is -2.33. The van der Waals surface area contributed by atoms with Crippen LogP contribution in [0.25, 0.3) is 10.8 Å². The van der Waals surface area contributed by atoms with E-state index in [-0.39, 0.29) is 5.41 Å². The molecule has 5 rings (SSSR count). The molecule has 0 atom stereocenters. The molecule has 1 saturated heterocycles. The molecule has 2 aliphatic heterocycles. The third-order valence-electron chi connectivity index (χ3n) is 7.71. The maximum atomic E-state index is 6.10. The van der Waals surface area contributed by atoms with Gasteiger partial charge in [-0.1, -0.05) is 63.2 Å². The Morgan fingerprint density at radius 3 is 2.43 bits per heavy atom. The van der Waals surface area contributed by atoms with Crippen LogP contribution in [0.2, 0.25) is 0 Å². The van der Waals surface area contributed by atoms with Crippen LogP contribution in [-0.2, 0) is 5.41 Å². The molecule has 0 radical (unpaired) electrons. The van der Waals surface area contributed by atoms with E-state index in [1.165, 1.54) is 33.6 Å². The number of fused-ring (bicyclic) bond motifs is 3. The van der Waals surface area contributed by atoms with E-state index in [1.807, 2.05) is 30.3 Å². The van der Waals surface area contributed by atoms with Crippen molar-refractivity contribution in [2.75, 3.05) is 39.3 Å². The highest BCUT2D eigenvalue weighted by molar-refractivity contribution is 6.07. The van der Waals surface area contributed by atoms with Crippen LogP contribution < -0.4 is 4.74 Å². The quantitative estimate of drug-likeness (QED) is 0.303. The van der Waals surface area contributed by atoms with E-state index in [1.54, 1.807) is 0 Å². The van der Waals surface area contributed by atoms with E-state index in [0.717, 1.165) is 44.9 Å². The van der Waals surface area contributed by atoms with E-state index in [9.17, 15) is 0 Å². The van der Waals surface area contributed by atoms with Crippen molar-refractivity contribution in [3.8, 4) is 5.75 Å². The zero-order valence-electron chi connectivity index (χ0n) is 23.2. The Morgan fingerprint density at radius 2 is 1.68 bits per heavy atom. The number of benzene rings is 3. The minimum atomic E-state index is -0.0866. The molecule has 0 N–H and O–H groups in total. The summed E-state index contributed by atoms with van der Waals surface area (Å²) in [6, 6.07) is 23.6. The molecule has 3 aromatic carbocycles. The molecule has 0 aromatic heterocycles. The minimum absolute atomic E-state index is 0.0866. The lowest BCUT2D eigenvalue weighted by atomic mass is 9.79. The molecule has 2 heterocycles. The number of hydrogen-bond acceptors (Lipinski definition) is 3. The summed E-state index contributed by atoms with van der Waals surface area (Å²) < 4.78 is 8.68. The van der Waals surface area contributed by atoms with Crippen molar-refractivity contribution in [2.45, 2.75) is 46.5 Å². The summed E-state index contributed by atoms with van der Waals surface area (Å²) in [6.07, 6.45) is 3.61. The van der Waals surface area contributed by atoms with Gasteiger partial charge in [0.2, 0.25) is 5.69 Å². The number of hydrogen-bond donors (Lipinski definition) is 0. The Bertz CT molecular complexity index is 1310. The summed E-state index contributed by atoms with van der Waals surface area (Å²) in [5.41, 5.74) is 4.14. The zero-order valence-corrected chi connectivity index (χ0v) is 23.2. The monoisotopic (exact) mass is 496 g/mol. The number of nitrogens with zero attached hydrogens (tertiary/aromatic N) is 3. The summed E-state index contributed by atoms with van der Waals surface area (Å²) >= 11 is 0. The Morgan fingerprint density at radius 1 is 0.946 bits per heavy atom. The van der Waals surface area contributed by atoms with Crippen molar-refractivity contribution in [3.63, 3.8) is 0 Å². The van der Waals surface area contributed by atoms with Crippen LogP contribution in [0.15, 0.2) is 78.6 Å². The van der Waals surface area contributed by atoms with E-state index < -0.39 is 0 Å². The molecule has 4 nitrogen and oxygen atoms in total. The highest BCUT2D eigenvalue weighted by Crippen LogP contribution is 2.44. The Kier molecular flexibility index (Phi) is 7.28. The van der Waals surface area contributed by atoms with Gasteiger partial charge in [0.05, 0.1) is 12.0 Å². The molecule has 0 bridgehead atoms. The third-order valence-corrected chi connectivity index (χ3v) is 7.71. The lowest BCUT2D eigenvalue weighted by Gasteiger charge is -2.27. The molecule has 4 heteroatoms. The maximum absolute atomic E-state index is 6.10. The Hall–Kier alpha value is -3.27. The molecule has 0 amide bonds. The molecule has 194 valence electrons. The second-order valence-electron chi connectivity index (χ2n) is 11.3. The molecule has 0 aliphatic carbocycles. The van der Waals surface area contributed by atoms with Crippen LogP contribution in [-0.4, -0.2) is 59.4 Å². The van der Waals surface area contributed by atoms with Gasteiger partial charge in [0, 0.05) is 43.8 Å². The zero-order chi connectivity index (χ0) is 26.0. The fourth-order valence-electron chi connectivity index (χ4n) is 6.08. The summed E-state index contributed by atoms with van der Waals surface area (Å²) in [7, 11) is 0. The first-order chi connectivity index (χ1) is 17.9. The average Bonchev–Trinajstić information content (AvgIpc) is 3.35. The molecule has 3 aromatic rings. The van der Waals surface area contributed by atoms with E-state index in [0.29, 0.717) is 12.5 Å². The largest absolute Gasteiger partial charge is 0.492 e. The minimum Gasteiger partial charge on any atom is -0.492 e. The summed E-state index contributed by atoms with van der Waals surface area (Å²) in [6.45, 7) is 17.5. The van der Waals surface area contributed by atoms with Gasteiger partial charge in [-0.25, -0.2) is 0 Å². The molecular weight excluding hydrogens is 454 g/mol. The number of ether oxygens (including phenoxy) is 1. The van der Waals surface area contributed by atoms with Crippen LogP contribution in [0.1, 0.15) is 46.6 Å². The second-order valence-corrected chi connectivity index (χ2v) is 11.3. The van der Waals surface area contributed by atoms with Crippen LogP contribution >= 0.6 is 0 Å². The van der Waals surface area contributed by atoms with Crippen LogP contribution in [0.3, 0.4) is 0 Å². The maximum Gasteiger partial charge on any atom is 0.210 e. The van der Waals surface area contributed by atoms with Gasteiger partial charge in [-0.05, 0) is 48.7 Å². The van der Waals surface area contributed by atoms with Gasteiger partial charge < -0.3 is 14.5 Å². The Balaban J connectivity index is 1.52. The molecule has 37 heavy (non-hydrogen) atoms.